The van der Waals surface area contributed by atoms with E-state index in [0.717, 1.165) is 28.7 Å². The zero-order valence-electron chi connectivity index (χ0n) is 15.3. The van der Waals surface area contributed by atoms with Gasteiger partial charge >= 0.3 is 0 Å². The molecule has 3 N–H and O–H groups in total. The van der Waals surface area contributed by atoms with Crippen LogP contribution in [0.5, 0.6) is 0 Å². The van der Waals surface area contributed by atoms with Gasteiger partial charge < -0.3 is 20.4 Å². The number of aryl methyl sites for hydroxylation is 1. The Morgan fingerprint density at radius 1 is 1.28 bits per heavy atom. The van der Waals surface area contributed by atoms with E-state index < -0.39 is 6.04 Å². The Labute approximate surface area is 148 Å². The second-order valence-electron chi connectivity index (χ2n) is 6.59. The van der Waals surface area contributed by atoms with Gasteiger partial charge in [-0.2, -0.15) is 0 Å². The van der Waals surface area contributed by atoms with Crippen LogP contribution in [-0.4, -0.2) is 36.3 Å². The lowest BCUT2D eigenvalue weighted by Crippen LogP contribution is -2.47. The minimum atomic E-state index is -0.609. The van der Waals surface area contributed by atoms with Crippen LogP contribution in [0.4, 0.5) is 0 Å². The highest BCUT2D eigenvalue weighted by molar-refractivity contribution is 5.88. The van der Waals surface area contributed by atoms with Gasteiger partial charge in [0.25, 0.3) is 0 Å². The molecule has 136 valence electrons. The van der Waals surface area contributed by atoms with Crippen LogP contribution in [0.25, 0.3) is 11.0 Å². The summed E-state index contributed by atoms with van der Waals surface area (Å²) >= 11 is 0. The van der Waals surface area contributed by atoms with E-state index in [-0.39, 0.29) is 24.3 Å². The number of rotatable bonds is 7. The Balaban J connectivity index is 2.03. The summed E-state index contributed by atoms with van der Waals surface area (Å²) in [6.07, 6.45) is 0.756. The minimum Gasteiger partial charge on any atom is -0.461 e. The third kappa shape index (κ3) is 4.39. The molecule has 0 unspecified atom stereocenters. The van der Waals surface area contributed by atoms with Crippen LogP contribution in [-0.2, 0) is 22.6 Å². The van der Waals surface area contributed by atoms with Crippen LogP contribution in [0.1, 0.15) is 32.1 Å². The van der Waals surface area contributed by atoms with Crippen LogP contribution in [0, 0.1) is 5.92 Å². The molecule has 0 radical (unpaired) electrons. The largest absolute Gasteiger partial charge is 0.461 e. The summed E-state index contributed by atoms with van der Waals surface area (Å²) in [4.78, 5) is 25.8. The molecule has 0 bridgehead atoms. The molecule has 2 rings (SSSR count). The van der Waals surface area contributed by atoms with E-state index in [1.54, 1.807) is 11.9 Å². The molecule has 6 nitrogen and oxygen atoms in total. The monoisotopic (exact) mass is 345 g/mol. The molecule has 0 aliphatic rings. The number of hydrogen-bond acceptors (Lipinski definition) is 4. The molecule has 6 heteroatoms. The van der Waals surface area contributed by atoms with Crippen LogP contribution < -0.4 is 11.1 Å². The summed E-state index contributed by atoms with van der Waals surface area (Å²) in [7, 11) is 1.72. The van der Waals surface area contributed by atoms with Gasteiger partial charge in [0.1, 0.15) is 11.3 Å². The van der Waals surface area contributed by atoms with Gasteiger partial charge in [-0.15, -0.1) is 0 Å². The number of carbonyl (C=O) groups is 2. The Morgan fingerprint density at radius 2 is 1.96 bits per heavy atom. The highest BCUT2D eigenvalue weighted by Gasteiger charge is 2.20. The predicted octanol–water partition coefficient (Wildman–Crippen LogP) is 2.05. The average molecular weight is 345 g/mol. The normalized spacial score (nSPS) is 12.4. The lowest BCUT2D eigenvalue weighted by molar-refractivity contribution is -0.132. The maximum atomic E-state index is 12.3. The fourth-order valence-corrected chi connectivity index (χ4v) is 2.65. The minimum absolute atomic E-state index is 0.0252. The summed E-state index contributed by atoms with van der Waals surface area (Å²) in [5.74, 6) is 0.431. The van der Waals surface area contributed by atoms with Crippen molar-refractivity contribution in [3.8, 4) is 0 Å². The molecule has 0 saturated heterocycles. The van der Waals surface area contributed by atoms with E-state index >= 15 is 0 Å². The van der Waals surface area contributed by atoms with E-state index in [4.69, 9.17) is 10.2 Å². The Hall–Kier alpha value is -2.34. The number of hydrogen-bond donors (Lipinski definition) is 2. The number of fused-ring (bicyclic) bond motifs is 1. The summed E-state index contributed by atoms with van der Waals surface area (Å²) < 4.78 is 5.86. The number of nitrogens with two attached hydrogens (primary N) is 1. The van der Waals surface area contributed by atoms with Crippen molar-refractivity contribution < 1.29 is 14.0 Å². The van der Waals surface area contributed by atoms with Gasteiger partial charge in [-0.25, -0.2) is 0 Å². The second-order valence-corrected chi connectivity index (χ2v) is 6.59. The lowest BCUT2D eigenvalue weighted by atomic mass is 10.1. The van der Waals surface area contributed by atoms with Gasteiger partial charge in [-0.05, 0) is 12.0 Å². The molecule has 2 aromatic rings. The molecule has 2 amide bonds. The number of nitrogens with zero attached hydrogens (tertiary/aromatic N) is 1. The van der Waals surface area contributed by atoms with Gasteiger partial charge in [0.15, 0.2) is 0 Å². The SMILES string of the molecule is CCc1oc2ccccc2c1CN(C)C(=O)CNC(=O)[C@@H](N)C(C)C. The Morgan fingerprint density at radius 3 is 2.60 bits per heavy atom. The molecule has 0 aliphatic carbocycles. The van der Waals surface area contributed by atoms with E-state index in [1.165, 1.54) is 0 Å². The third-order valence-electron chi connectivity index (χ3n) is 4.36. The molecule has 0 saturated carbocycles. The van der Waals surface area contributed by atoms with Crippen molar-refractivity contribution >= 4 is 22.8 Å². The summed E-state index contributed by atoms with van der Waals surface area (Å²) in [6, 6.07) is 7.19. The van der Waals surface area contributed by atoms with E-state index in [9.17, 15) is 9.59 Å². The molecule has 0 aliphatic heterocycles. The van der Waals surface area contributed by atoms with Crippen LogP contribution in [0.15, 0.2) is 28.7 Å². The molecule has 1 aromatic carbocycles. The number of amides is 2. The number of carbonyl (C=O) groups excluding carboxylic acids is 2. The van der Waals surface area contributed by atoms with Crippen molar-refractivity contribution in [1.82, 2.24) is 10.2 Å². The number of benzene rings is 1. The van der Waals surface area contributed by atoms with Crippen molar-refractivity contribution in [2.75, 3.05) is 13.6 Å². The zero-order valence-corrected chi connectivity index (χ0v) is 15.3. The van der Waals surface area contributed by atoms with Crippen molar-refractivity contribution in [3.05, 3.63) is 35.6 Å². The van der Waals surface area contributed by atoms with Gasteiger partial charge in [0, 0.05) is 31.0 Å². The first-order valence-corrected chi connectivity index (χ1v) is 8.61. The van der Waals surface area contributed by atoms with Crippen LogP contribution in [0.3, 0.4) is 0 Å². The van der Waals surface area contributed by atoms with Crippen molar-refractivity contribution in [2.45, 2.75) is 39.8 Å². The van der Waals surface area contributed by atoms with E-state index in [0.29, 0.717) is 6.54 Å². The van der Waals surface area contributed by atoms with Crippen molar-refractivity contribution in [1.29, 1.82) is 0 Å². The summed E-state index contributed by atoms with van der Waals surface area (Å²) in [5, 5.41) is 3.63. The number of likely N-dealkylation sites (N-methyl/N-ethyl adjacent to an activating group) is 1. The summed E-state index contributed by atoms with van der Waals surface area (Å²) in [6.45, 7) is 6.14. The van der Waals surface area contributed by atoms with Gasteiger partial charge in [0.05, 0.1) is 12.6 Å². The molecular weight excluding hydrogens is 318 g/mol. The highest BCUT2D eigenvalue weighted by atomic mass is 16.3. The van der Waals surface area contributed by atoms with Crippen LogP contribution in [0.2, 0.25) is 0 Å². The van der Waals surface area contributed by atoms with Crippen LogP contribution >= 0.6 is 0 Å². The first kappa shape index (κ1) is 19.0. The molecule has 0 fully saturated rings. The average Bonchev–Trinajstić information content (AvgIpc) is 2.96. The molecule has 25 heavy (non-hydrogen) atoms. The Bertz CT molecular complexity index is 751. The first-order valence-electron chi connectivity index (χ1n) is 8.61. The highest BCUT2D eigenvalue weighted by Crippen LogP contribution is 2.27. The van der Waals surface area contributed by atoms with E-state index in [2.05, 4.69) is 5.32 Å². The second kappa shape index (κ2) is 8.16. The number of furan rings is 1. The van der Waals surface area contributed by atoms with Gasteiger partial charge in [-0.1, -0.05) is 39.0 Å². The van der Waals surface area contributed by atoms with Gasteiger partial charge in [-0.3, -0.25) is 9.59 Å². The van der Waals surface area contributed by atoms with E-state index in [1.807, 2.05) is 45.0 Å². The van der Waals surface area contributed by atoms with Crippen molar-refractivity contribution in [2.24, 2.45) is 11.7 Å². The van der Waals surface area contributed by atoms with Gasteiger partial charge in [0.2, 0.25) is 11.8 Å². The number of para-hydroxylation sites is 1. The topological polar surface area (TPSA) is 88.6 Å². The first-order chi connectivity index (χ1) is 11.8. The fraction of sp³-hybridized carbons (Fsp3) is 0.474. The van der Waals surface area contributed by atoms with Crippen molar-refractivity contribution in [3.63, 3.8) is 0 Å². The standard InChI is InChI=1S/C19H27N3O3/c1-5-15-14(13-8-6-7-9-16(13)25-15)11-22(4)17(23)10-21-19(24)18(20)12(2)3/h6-9,12,18H,5,10-11,20H2,1-4H3,(H,21,24)/t18-/m0/s1. The summed E-state index contributed by atoms with van der Waals surface area (Å²) in [5.41, 5.74) is 7.62. The zero-order chi connectivity index (χ0) is 18.6. The number of nitrogens with one attached hydrogen (secondary N) is 1. The third-order valence-corrected chi connectivity index (χ3v) is 4.36. The molecular formula is C19H27N3O3. The quantitative estimate of drug-likeness (QED) is 0.804. The fourth-order valence-electron chi connectivity index (χ4n) is 2.65. The molecule has 0 spiro atoms. The molecule has 1 heterocycles. The maximum Gasteiger partial charge on any atom is 0.242 e. The maximum absolute atomic E-state index is 12.3. The molecule has 1 aromatic heterocycles. The molecule has 1 atom stereocenters. The predicted molar refractivity (Wildman–Crippen MR) is 97.9 cm³/mol. The lowest BCUT2D eigenvalue weighted by Gasteiger charge is -2.19. The Kier molecular flexibility index (Phi) is 6.20. The smallest absolute Gasteiger partial charge is 0.242 e.